The van der Waals surface area contributed by atoms with E-state index in [1.165, 1.54) is 10.9 Å². The summed E-state index contributed by atoms with van der Waals surface area (Å²) in [4.78, 5) is 3.12. The van der Waals surface area contributed by atoms with Crippen LogP contribution in [0.2, 0.25) is 0 Å². The summed E-state index contributed by atoms with van der Waals surface area (Å²) >= 11 is 0. The molecule has 0 fully saturated rings. The van der Waals surface area contributed by atoms with E-state index in [0.717, 1.165) is 0 Å². The third kappa shape index (κ3) is 7.97. The minimum atomic E-state index is 0. The average Bonchev–Trinajstić information content (AvgIpc) is 2.33. The van der Waals surface area contributed by atoms with Gasteiger partial charge in [0.25, 0.3) is 0 Å². The van der Waals surface area contributed by atoms with Crippen LogP contribution >= 0.6 is 0 Å². The Labute approximate surface area is 195 Å². The number of para-hydroxylation sites is 1. The third-order valence-corrected chi connectivity index (χ3v) is 1.46. The molecule has 0 saturated heterocycles. The smallest absolute Gasteiger partial charge is 0.0453 e. The first kappa shape index (κ1) is 26.3. The number of rotatable bonds is 0. The van der Waals surface area contributed by atoms with Crippen molar-refractivity contribution >= 4 is 159 Å². The van der Waals surface area contributed by atoms with Crippen LogP contribution in [0.25, 0.3) is 10.9 Å². The molecule has 0 aliphatic heterocycles. The molecule has 0 aliphatic rings. The molecule has 0 unspecified atom stereocenters. The number of hydrogen-bond donors (Lipinski definition) is 1. The van der Waals surface area contributed by atoms with Gasteiger partial charge < -0.3 is 4.98 Å². The van der Waals surface area contributed by atoms with Crippen LogP contribution in [0, 0.1) is 0 Å². The summed E-state index contributed by atoms with van der Waals surface area (Å²) in [6, 6.07) is 10.3. The van der Waals surface area contributed by atoms with E-state index in [1.54, 1.807) is 0 Å². The van der Waals surface area contributed by atoms with Gasteiger partial charge in [-0.05, 0) is 17.5 Å². The second-order valence-electron chi connectivity index (χ2n) is 2.06. The van der Waals surface area contributed by atoms with Gasteiger partial charge in [0, 0.05) is 159 Å². The second-order valence-corrected chi connectivity index (χ2v) is 2.06. The number of benzene rings is 1. The molecule has 1 heterocycles. The summed E-state index contributed by atoms with van der Waals surface area (Å²) in [6.45, 7) is 0. The average molecular weight is 232 g/mol. The molecule has 1 N–H and O–H groups in total. The maximum Gasteiger partial charge on any atom is 0.0453 e. The number of aromatic nitrogens is 1. The molecule has 0 saturated carbocycles. The molecular weight excluding hydrogens is 225 g/mol. The Kier molecular flexibility index (Phi) is 27.9. The van der Waals surface area contributed by atoms with E-state index in [9.17, 15) is 0 Å². The molecule has 49 valence electrons. The Morgan fingerprint density at radius 1 is 0.714 bits per heavy atom. The van der Waals surface area contributed by atoms with Crippen molar-refractivity contribution in [2.24, 2.45) is 0 Å². The first-order valence-corrected chi connectivity index (χ1v) is 2.99. The van der Waals surface area contributed by atoms with Crippen LogP contribution in [-0.4, -0.2) is 153 Å². The Bertz CT molecular complexity index is 292. The van der Waals surface area contributed by atoms with E-state index in [1.807, 2.05) is 18.3 Å². The van der Waals surface area contributed by atoms with Crippen LogP contribution < -0.4 is 0 Å². The van der Waals surface area contributed by atoms with Crippen molar-refractivity contribution in [3.05, 3.63) is 36.5 Å². The number of fused-ring (bicyclic) bond motifs is 1. The van der Waals surface area contributed by atoms with Crippen molar-refractivity contribution in [2.45, 2.75) is 0 Å². The molecule has 6 heteroatoms. The van der Waals surface area contributed by atoms with Crippen LogP contribution in [0.1, 0.15) is 0 Å². The molecule has 1 nitrogen and oxygen atoms in total. The second kappa shape index (κ2) is 14.8. The van der Waals surface area contributed by atoms with Crippen molar-refractivity contribution in [3.63, 3.8) is 0 Å². The summed E-state index contributed by atoms with van der Waals surface area (Å²) in [5, 5.41) is 1.28. The van der Waals surface area contributed by atoms with Crippen molar-refractivity contribution in [1.82, 2.24) is 4.98 Å². The number of H-pyrrole nitrogens is 1. The Hall–Kier alpha value is 3.76. The normalized spacial score (nSPS) is 6.57. The molecule has 0 aliphatic carbocycles. The molecule has 0 spiro atoms. The Morgan fingerprint density at radius 3 is 1.86 bits per heavy atom. The minimum absolute atomic E-state index is 0. The molecule has 2 aromatic rings. The van der Waals surface area contributed by atoms with Crippen LogP contribution in [0.5, 0.6) is 0 Å². The van der Waals surface area contributed by atoms with E-state index in [4.69, 9.17) is 0 Å². The summed E-state index contributed by atoms with van der Waals surface area (Å²) in [5.41, 5.74) is 1.21. The molecular formula is C8H7NNa5. The number of nitrogens with one attached hydrogen (secondary N) is 1. The van der Waals surface area contributed by atoms with E-state index in [2.05, 4.69) is 23.2 Å². The zero-order valence-electron chi connectivity index (χ0n) is 9.96. The molecule has 0 bridgehead atoms. The fraction of sp³-hybridized carbons (Fsp3) is 0. The summed E-state index contributed by atoms with van der Waals surface area (Å²) in [7, 11) is 0. The number of hydrogen-bond acceptors (Lipinski definition) is 0. The molecule has 1 aromatic heterocycles. The van der Waals surface area contributed by atoms with Gasteiger partial charge in [-0.2, -0.15) is 0 Å². The Morgan fingerprint density at radius 2 is 1.29 bits per heavy atom. The van der Waals surface area contributed by atoms with Gasteiger partial charge in [0.1, 0.15) is 0 Å². The molecule has 1 aromatic carbocycles. The van der Waals surface area contributed by atoms with Gasteiger partial charge in [-0.1, -0.05) is 18.2 Å². The van der Waals surface area contributed by atoms with Gasteiger partial charge in [0.05, 0.1) is 0 Å². The predicted molar refractivity (Wildman–Crippen MR) is 67.1 cm³/mol. The number of aromatic amines is 1. The zero-order chi connectivity index (χ0) is 6.10. The van der Waals surface area contributed by atoms with Gasteiger partial charge >= 0.3 is 0 Å². The summed E-state index contributed by atoms with van der Waals surface area (Å²) < 4.78 is 0. The first-order valence-electron chi connectivity index (χ1n) is 2.99. The van der Waals surface area contributed by atoms with Crippen molar-refractivity contribution in [2.75, 3.05) is 0 Å². The van der Waals surface area contributed by atoms with Crippen molar-refractivity contribution < 1.29 is 0 Å². The van der Waals surface area contributed by atoms with Crippen molar-refractivity contribution in [1.29, 1.82) is 0 Å². The fourth-order valence-corrected chi connectivity index (χ4v) is 0.995. The standard InChI is InChI=1S/C8H7N.5Na/c1-2-4-8-7(3-1)5-6-9-8;;;;;/h1-6,9H;;;;;. The van der Waals surface area contributed by atoms with Gasteiger partial charge in [0.2, 0.25) is 0 Å². The molecule has 0 atom stereocenters. The molecule has 5 radical (unpaired) electrons. The van der Waals surface area contributed by atoms with Gasteiger partial charge in [0.15, 0.2) is 0 Å². The van der Waals surface area contributed by atoms with Crippen molar-refractivity contribution in [3.8, 4) is 0 Å². The molecule has 14 heavy (non-hydrogen) atoms. The van der Waals surface area contributed by atoms with E-state index >= 15 is 0 Å². The van der Waals surface area contributed by atoms with Crippen LogP contribution in [-0.2, 0) is 0 Å². The molecule has 0 amide bonds. The minimum Gasteiger partial charge on any atom is -0.361 e. The maximum absolute atomic E-state index is 3.12. The van der Waals surface area contributed by atoms with E-state index in [-0.39, 0.29) is 148 Å². The van der Waals surface area contributed by atoms with Gasteiger partial charge in [-0.25, -0.2) is 0 Å². The Balaban J connectivity index is -0.0000001000. The topological polar surface area (TPSA) is 15.8 Å². The van der Waals surface area contributed by atoms with Crippen LogP contribution in [0.3, 0.4) is 0 Å². The monoisotopic (exact) mass is 232 g/mol. The van der Waals surface area contributed by atoms with E-state index in [0.29, 0.717) is 0 Å². The fourth-order valence-electron chi connectivity index (χ4n) is 0.995. The molecule has 2 rings (SSSR count). The quantitative estimate of drug-likeness (QED) is 0.627. The predicted octanol–water partition coefficient (Wildman–Crippen LogP) is 0.264. The first-order chi connectivity index (χ1) is 4.47. The SMILES string of the molecule is [Na].[Na].[Na].[Na].[Na].c1ccc2[nH]ccc2c1. The van der Waals surface area contributed by atoms with Gasteiger partial charge in [-0.15, -0.1) is 0 Å². The van der Waals surface area contributed by atoms with E-state index < -0.39 is 0 Å². The third-order valence-electron chi connectivity index (χ3n) is 1.46. The largest absolute Gasteiger partial charge is 0.361 e. The summed E-state index contributed by atoms with van der Waals surface area (Å²) in [5.74, 6) is 0. The maximum atomic E-state index is 3.12. The zero-order valence-corrected chi connectivity index (χ0v) is 20.0. The van der Waals surface area contributed by atoms with Gasteiger partial charge in [-0.3, -0.25) is 0 Å². The summed E-state index contributed by atoms with van der Waals surface area (Å²) in [6.07, 6.45) is 1.95. The van der Waals surface area contributed by atoms with Crippen LogP contribution in [0.15, 0.2) is 36.5 Å². The van der Waals surface area contributed by atoms with Crippen LogP contribution in [0.4, 0.5) is 0 Å².